The van der Waals surface area contributed by atoms with E-state index in [0.29, 0.717) is 68.3 Å². The van der Waals surface area contributed by atoms with Crippen LogP contribution in [0.5, 0.6) is 23.0 Å². The minimum atomic E-state index is -0.636. The van der Waals surface area contributed by atoms with Gasteiger partial charge in [-0.15, -0.1) is 20.5 Å². The number of aromatic hydroxyl groups is 2. The third kappa shape index (κ3) is 11.4. The fraction of sp³-hybridized carbons (Fsp3) is 0.129. The highest BCUT2D eigenvalue weighted by atomic mass is 16.5. The van der Waals surface area contributed by atoms with Crippen LogP contribution in [0.25, 0.3) is 21.5 Å². The number of ether oxygens (including phenoxy) is 2. The lowest BCUT2D eigenvalue weighted by Crippen LogP contribution is -2.17. The fourth-order valence-corrected chi connectivity index (χ4v) is 8.93. The highest BCUT2D eigenvalue weighted by Crippen LogP contribution is 2.44. The number of fused-ring (bicyclic) bond motifs is 2. The number of rotatable bonds is 18. The molecule has 9 aromatic rings. The number of hydrogen-bond acceptors (Lipinski definition) is 12. The van der Waals surface area contributed by atoms with E-state index in [4.69, 9.17) is 9.47 Å². The van der Waals surface area contributed by atoms with E-state index in [2.05, 4.69) is 41.7 Å². The molecule has 0 radical (unpaired) electrons. The molecule has 9 aromatic carbocycles. The Labute approximate surface area is 449 Å². The van der Waals surface area contributed by atoms with Gasteiger partial charge in [0.2, 0.25) is 0 Å². The number of hydrogen-bond donors (Lipinski definition) is 6. The lowest BCUT2D eigenvalue weighted by atomic mass is 9.99. The largest absolute Gasteiger partial charge is 0.505 e. The predicted molar refractivity (Wildman–Crippen MR) is 305 cm³/mol. The Hall–Kier alpha value is -10.2. The lowest BCUT2D eigenvalue weighted by molar-refractivity contribution is 0.101. The molecule has 4 amide bonds. The van der Waals surface area contributed by atoms with Gasteiger partial charge in [0.25, 0.3) is 23.6 Å². The van der Waals surface area contributed by atoms with Gasteiger partial charge in [-0.2, -0.15) is 0 Å². The summed E-state index contributed by atoms with van der Waals surface area (Å²) in [4.78, 5) is 55.6. The summed E-state index contributed by atoms with van der Waals surface area (Å²) in [7, 11) is 0. The van der Waals surface area contributed by atoms with Crippen molar-refractivity contribution in [2.75, 3.05) is 34.5 Å². The van der Waals surface area contributed by atoms with Crippen LogP contribution >= 0.6 is 0 Å². The molecule has 0 unspecified atom stereocenters. The average Bonchev–Trinajstić information content (AvgIpc) is 3.57. The molecule has 0 fully saturated rings. The smallest absolute Gasteiger partial charge is 0.259 e. The van der Waals surface area contributed by atoms with Crippen LogP contribution < -0.4 is 30.7 Å². The molecular formula is C62H54N8O8. The van der Waals surface area contributed by atoms with E-state index in [1.807, 2.05) is 50.2 Å². The Morgan fingerprint density at radius 3 is 1.22 bits per heavy atom. The zero-order valence-corrected chi connectivity index (χ0v) is 43.1. The van der Waals surface area contributed by atoms with Crippen LogP contribution in [0.15, 0.2) is 190 Å². The molecule has 0 saturated heterocycles. The quantitative estimate of drug-likeness (QED) is 0.0452. The van der Waals surface area contributed by atoms with Crippen molar-refractivity contribution in [1.82, 2.24) is 0 Å². The predicted octanol–water partition coefficient (Wildman–Crippen LogP) is 15.2. The second-order valence-corrected chi connectivity index (χ2v) is 17.7. The first kappa shape index (κ1) is 52.6. The topological polar surface area (TPSA) is 225 Å². The molecule has 0 aromatic heterocycles. The van der Waals surface area contributed by atoms with Crippen LogP contribution in [-0.2, 0) is 12.8 Å². The van der Waals surface area contributed by atoms with Gasteiger partial charge in [0.15, 0.2) is 23.0 Å². The van der Waals surface area contributed by atoms with Crippen molar-refractivity contribution in [2.45, 2.75) is 40.5 Å². The first-order chi connectivity index (χ1) is 38.0. The molecule has 16 nitrogen and oxygen atoms in total. The van der Waals surface area contributed by atoms with Crippen molar-refractivity contribution in [3.63, 3.8) is 0 Å². The number of anilines is 4. The van der Waals surface area contributed by atoms with Crippen molar-refractivity contribution in [3.8, 4) is 23.0 Å². The number of aryl methyl sites for hydroxylation is 2. The van der Waals surface area contributed by atoms with Gasteiger partial charge < -0.3 is 41.0 Å². The number of carbonyl (C=O) groups is 4. The van der Waals surface area contributed by atoms with E-state index < -0.39 is 35.1 Å². The summed E-state index contributed by atoms with van der Waals surface area (Å²) in [5.41, 5.74) is 4.27. The maximum Gasteiger partial charge on any atom is 0.259 e. The maximum absolute atomic E-state index is 14.4. The fourth-order valence-electron chi connectivity index (χ4n) is 8.93. The maximum atomic E-state index is 14.4. The summed E-state index contributed by atoms with van der Waals surface area (Å²) < 4.78 is 11.9. The summed E-state index contributed by atoms with van der Waals surface area (Å²) >= 11 is 0. The number of nitrogens with one attached hydrogen (secondary N) is 4. The van der Waals surface area contributed by atoms with Gasteiger partial charge in [-0.25, -0.2) is 0 Å². The number of benzene rings is 9. The summed E-state index contributed by atoms with van der Waals surface area (Å²) in [5.74, 6) is -2.55. The summed E-state index contributed by atoms with van der Waals surface area (Å²) in [6.07, 6.45) is 0.870. The minimum absolute atomic E-state index is 0.0241. The third-order valence-corrected chi connectivity index (χ3v) is 12.7. The Kier molecular flexibility index (Phi) is 16.2. The molecule has 0 heterocycles. The summed E-state index contributed by atoms with van der Waals surface area (Å²) in [6.45, 7) is 7.85. The van der Waals surface area contributed by atoms with Gasteiger partial charge in [0, 0.05) is 33.5 Å². The summed E-state index contributed by atoms with van der Waals surface area (Å²) in [6, 6.07) is 48.7. The molecular weight excluding hydrogens is 985 g/mol. The van der Waals surface area contributed by atoms with Gasteiger partial charge >= 0.3 is 0 Å². The van der Waals surface area contributed by atoms with E-state index in [9.17, 15) is 29.4 Å². The van der Waals surface area contributed by atoms with Crippen LogP contribution in [0, 0.1) is 0 Å². The van der Waals surface area contributed by atoms with Gasteiger partial charge in [-0.05, 0) is 121 Å². The van der Waals surface area contributed by atoms with E-state index in [1.54, 1.807) is 147 Å². The highest BCUT2D eigenvalue weighted by molar-refractivity contribution is 6.14. The number of phenolic OH excluding ortho intramolecular Hbond substituents is 2. The number of nitrogens with zero attached hydrogens (tertiary/aromatic N) is 4. The van der Waals surface area contributed by atoms with Crippen molar-refractivity contribution in [3.05, 3.63) is 203 Å². The third-order valence-electron chi connectivity index (χ3n) is 12.7. The van der Waals surface area contributed by atoms with E-state index in [-0.39, 0.29) is 69.7 Å². The number of carbonyl (C=O) groups excluding carboxylic acids is 4. The zero-order chi connectivity index (χ0) is 54.7. The van der Waals surface area contributed by atoms with Crippen LogP contribution in [0.1, 0.15) is 80.3 Å². The van der Waals surface area contributed by atoms with E-state index in [1.165, 1.54) is 0 Å². The Morgan fingerprint density at radius 2 is 0.795 bits per heavy atom. The minimum Gasteiger partial charge on any atom is -0.505 e. The number of azo groups is 2. The second-order valence-electron chi connectivity index (χ2n) is 17.7. The van der Waals surface area contributed by atoms with Gasteiger partial charge in [0.1, 0.15) is 22.7 Å². The number of amides is 4. The SMILES string of the molecule is CCOc1c(N=Nc2c(O)c(C(=O)Nc3cc(CC)c(NC(=O)c4cc5ccccc5c(N=Nc5cccc(C(=O)Nc6ccccc6)c5OCC)c4O)c(CC)c3)cc3ccccc23)cccc1C(=O)Nc1ccccc1. The molecule has 9 rings (SSSR count). The molecule has 0 aliphatic carbocycles. The van der Waals surface area contributed by atoms with Crippen molar-refractivity contribution in [1.29, 1.82) is 0 Å². The van der Waals surface area contributed by atoms with Gasteiger partial charge in [-0.1, -0.05) is 111 Å². The second kappa shape index (κ2) is 24.0. The summed E-state index contributed by atoms with van der Waals surface area (Å²) in [5, 5.41) is 55.6. The van der Waals surface area contributed by atoms with Gasteiger partial charge in [0.05, 0.1) is 35.5 Å². The molecule has 0 spiro atoms. The van der Waals surface area contributed by atoms with Crippen LogP contribution in [-0.4, -0.2) is 47.1 Å². The molecule has 0 atom stereocenters. The van der Waals surface area contributed by atoms with Gasteiger partial charge in [-0.3, -0.25) is 19.2 Å². The number of para-hydroxylation sites is 4. The molecule has 0 aliphatic heterocycles. The van der Waals surface area contributed by atoms with Crippen LogP contribution in [0.2, 0.25) is 0 Å². The van der Waals surface area contributed by atoms with Crippen molar-refractivity contribution in [2.24, 2.45) is 20.5 Å². The van der Waals surface area contributed by atoms with Crippen LogP contribution in [0.4, 0.5) is 45.5 Å². The monoisotopic (exact) mass is 1040 g/mol. The van der Waals surface area contributed by atoms with E-state index >= 15 is 0 Å². The first-order valence-corrected chi connectivity index (χ1v) is 25.4. The molecule has 0 bridgehead atoms. The standard InChI is InChI=1S/C62H54N8O8/c1-5-37-33-43(65-61(75)48-35-39-21-15-17-27-44(39)53(55(48)71)69-67-50-31-19-29-46(57(50)77-7-3)59(73)63-41-23-11-9-12-24-41)34-38(6-2)52(37)66-62(76)49-36-40-22-16-18-28-45(40)54(56(49)72)70-68-51-32-20-30-47(58(51)78-8-4)60(74)64-42-25-13-10-14-26-42/h9-36,71-72H,5-8H2,1-4H3,(H,63,73)(H,64,74)(H,65,75)(H,66,76). The Balaban J connectivity index is 0.993. The van der Waals surface area contributed by atoms with Crippen LogP contribution in [0.3, 0.4) is 0 Å². The molecule has 16 heteroatoms. The first-order valence-electron chi connectivity index (χ1n) is 25.4. The Bertz CT molecular complexity index is 3780. The average molecular weight is 1040 g/mol. The van der Waals surface area contributed by atoms with E-state index in [0.717, 1.165) is 0 Å². The molecule has 390 valence electrons. The number of phenols is 2. The van der Waals surface area contributed by atoms with Crippen molar-refractivity contribution < 1.29 is 38.9 Å². The molecule has 0 saturated carbocycles. The zero-order valence-electron chi connectivity index (χ0n) is 43.1. The van der Waals surface area contributed by atoms with Crippen molar-refractivity contribution >= 4 is 90.7 Å². The highest BCUT2D eigenvalue weighted by Gasteiger charge is 2.25. The molecule has 78 heavy (non-hydrogen) atoms. The lowest BCUT2D eigenvalue weighted by Gasteiger charge is -2.18. The Morgan fingerprint density at radius 1 is 0.410 bits per heavy atom. The molecule has 6 N–H and O–H groups in total. The normalized spacial score (nSPS) is 11.2. The molecule has 0 aliphatic rings.